The van der Waals surface area contributed by atoms with E-state index in [4.69, 9.17) is 4.63 Å². The Morgan fingerprint density at radius 3 is 2.47 bits per heavy atom. The minimum absolute atomic E-state index is 0.462. The van der Waals surface area contributed by atoms with Crippen LogP contribution in [-0.2, 0) is 13.1 Å². The van der Waals surface area contributed by atoms with Crippen LogP contribution < -0.4 is 5.32 Å². The maximum atomic E-state index is 4.72. The molecule has 2 rings (SSSR count). The second-order valence-corrected chi connectivity index (χ2v) is 5.14. The van der Waals surface area contributed by atoms with Crippen molar-refractivity contribution in [3.05, 3.63) is 28.3 Å². The van der Waals surface area contributed by atoms with E-state index < -0.39 is 0 Å². The van der Waals surface area contributed by atoms with Crippen molar-refractivity contribution in [1.29, 1.82) is 0 Å². The van der Waals surface area contributed by atoms with Gasteiger partial charge in [-0.05, 0) is 20.8 Å². The van der Waals surface area contributed by atoms with E-state index in [0.717, 1.165) is 29.3 Å². The summed E-state index contributed by atoms with van der Waals surface area (Å²) in [5.74, 6) is 0. The average Bonchev–Trinajstić information content (AvgIpc) is 2.84. The molecule has 2 aromatic rings. The van der Waals surface area contributed by atoms with E-state index in [9.17, 15) is 0 Å². The van der Waals surface area contributed by atoms with Crippen LogP contribution in [0.1, 0.15) is 42.2 Å². The second kappa shape index (κ2) is 5.52. The lowest BCUT2D eigenvalue weighted by Crippen LogP contribution is -2.22. The highest BCUT2D eigenvalue weighted by molar-refractivity contribution is 5.25. The molecule has 2 heterocycles. The largest absolute Gasteiger partial charge is 0.310 e. The molecule has 0 spiro atoms. The van der Waals surface area contributed by atoms with Crippen LogP contribution in [0, 0.1) is 20.8 Å². The molecule has 0 aliphatic heterocycles. The fourth-order valence-corrected chi connectivity index (χ4v) is 1.98. The molecule has 2 aromatic heterocycles. The monoisotopic (exact) mass is 263 g/mol. The molecule has 19 heavy (non-hydrogen) atoms. The number of nitrogens with one attached hydrogen (secondary N) is 1. The molecule has 0 amide bonds. The number of hydrogen-bond donors (Lipinski definition) is 1. The van der Waals surface area contributed by atoms with E-state index in [-0.39, 0.29) is 0 Å². The molecule has 0 atom stereocenters. The van der Waals surface area contributed by atoms with Gasteiger partial charge in [0.1, 0.15) is 11.4 Å². The zero-order chi connectivity index (χ0) is 14.0. The molecule has 0 aromatic carbocycles. The van der Waals surface area contributed by atoms with Gasteiger partial charge in [0.25, 0.3) is 0 Å². The van der Waals surface area contributed by atoms with Gasteiger partial charge in [0.2, 0.25) is 0 Å². The fourth-order valence-electron chi connectivity index (χ4n) is 1.98. The zero-order valence-electron chi connectivity index (χ0n) is 12.2. The Morgan fingerprint density at radius 2 is 1.89 bits per heavy atom. The Labute approximate surface area is 113 Å². The molecule has 0 bridgehead atoms. The van der Waals surface area contributed by atoms with Gasteiger partial charge >= 0.3 is 0 Å². The van der Waals surface area contributed by atoms with Crippen molar-refractivity contribution in [2.75, 3.05) is 0 Å². The van der Waals surface area contributed by atoms with E-state index in [1.807, 2.05) is 18.5 Å². The topological polar surface area (TPSA) is 68.8 Å². The first-order valence-corrected chi connectivity index (χ1v) is 6.53. The van der Waals surface area contributed by atoms with Crippen molar-refractivity contribution in [2.24, 2.45) is 0 Å². The third kappa shape index (κ3) is 3.01. The predicted octanol–water partition coefficient (Wildman–Crippen LogP) is 1.74. The van der Waals surface area contributed by atoms with Crippen LogP contribution in [0.4, 0.5) is 0 Å². The van der Waals surface area contributed by atoms with Crippen LogP contribution in [0.15, 0.2) is 4.63 Å². The highest BCUT2D eigenvalue weighted by Gasteiger charge is 2.14. The molecule has 0 aliphatic rings. The van der Waals surface area contributed by atoms with Gasteiger partial charge in [-0.1, -0.05) is 24.2 Å². The molecule has 0 aliphatic carbocycles. The highest BCUT2D eigenvalue weighted by atomic mass is 16.6. The summed E-state index contributed by atoms with van der Waals surface area (Å²) in [7, 11) is 0. The molecule has 0 radical (unpaired) electrons. The van der Waals surface area contributed by atoms with Crippen LogP contribution in [0.5, 0.6) is 0 Å². The molecule has 6 heteroatoms. The molecule has 104 valence electrons. The average molecular weight is 263 g/mol. The quantitative estimate of drug-likeness (QED) is 0.889. The maximum Gasteiger partial charge on any atom is 0.129 e. The van der Waals surface area contributed by atoms with Crippen LogP contribution in [0.25, 0.3) is 0 Å². The smallest absolute Gasteiger partial charge is 0.129 e. The highest BCUT2D eigenvalue weighted by Crippen LogP contribution is 2.15. The summed E-state index contributed by atoms with van der Waals surface area (Å²) in [6.45, 7) is 11.7. The second-order valence-electron chi connectivity index (χ2n) is 5.14. The lowest BCUT2D eigenvalue weighted by molar-refractivity contribution is 0.300. The number of aromatic nitrogens is 4. The van der Waals surface area contributed by atoms with Gasteiger partial charge in [-0.25, -0.2) is 4.63 Å². The Morgan fingerprint density at radius 1 is 1.16 bits per heavy atom. The Kier molecular flexibility index (Phi) is 3.99. The van der Waals surface area contributed by atoms with Gasteiger partial charge in [0.05, 0.1) is 12.2 Å². The molecule has 0 fully saturated rings. The van der Waals surface area contributed by atoms with Crippen molar-refractivity contribution in [1.82, 2.24) is 25.4 Å². The minimum atomic E-state index is 0.462. The van der Waals surface area contributed by atoms with Gasteiger partial charge in [0, 0.05) is 23.8 Å². The number of nitrogens with zero attached hydrogens (tertiary/aromatic N) is 4. The first-order chi connectivity index (χ1) is 8.99. The molecular formula is C13H21N5O. The van der Waals surface area contributed by atoms with Crippen LogP contribution in [-0.4, -0.2) is 26.1 Å². The van der Waals surface area contributed by atoms with Crippen molar-refractivity contribution >= 4 is 0 Å². The minimum Gasteiger partial charge on any atom is -0.310 e. The van der Waals surface area contributed by atoms with E-state index in [0.29, 0.717) is 12.6 Å². The summed E-state index contributed by atoms with van der Waals surface area (Å²) in [6, 6.07) is 0.462. The van der Waals surface area contributed by atoms with Crippen LogP contribution in [0.2, 0.25) is 0 Å². The first-order valence-electron chi connectivity index (χ1n) is 6.53. The maximum absolute atomic E-state index is 4.72. The van der Waals surface area contributed by atoms with Gasteiger partial charge in [-0.3, -0.25) is 4.68 Å². The Hall–Kier alpha value is -1.69. The SMILES string of the molecule is Cc1nonc1Cn1nc(C)c(CNC(C)C)c1C. The number of rotatable bonds is 5. The van der Waals surface area contributed by atoms with Gasteiger partial charge in [0.15, 0.2) is 0 Å². The number of aryl methyl sites for hydroxylation is 2. The lowest BCUT2D eigenvalue weighted by Gasteiger charge is -2.08. The van der Waals surface area contributed by atoms with Crippen molar-refractivity contribution < 1.29 is 4.63 Å². The third-order valence-electron chi connectivity index (χ3n) is 3.26. The molecule has 1 N–H and O–H groups in total. The van der Waals surface area contributed by atoms with Crippen LogP contribution >= 0.6 is 0 Å². The van der Waals surface area contributed by atoms with Gasteiger partial charge in [-0.2, -0.15) is 5.10 Å². The summed E-state index contributed by atoms with van der Waals surface area (Å²) in [5.41, 5.74) is 5.11. The summed E-state index contributed by atoms with van der Waals surface area (Å²) in [6.07, 6.45) is 0. The summed E-state index contributed by atoms with van der Waals surface area (Å²) >= 11 is 0. The lowest BCUT2D eigenvalue weighted by atomic mass is 10.2. The molecule has 0 unspecified atom stereocenters. The van der Waals surface area contributed by atoms with Crippen molar-refractivity contribution in [2.45, 2.75) is 53.8 Å². The summed E-state index contributed by atoms with van der Waals surface area (Å²) < 4.78 is 6.68. The summed E-state index contributed by atoms with van der Waals surface area (Å²) in [5, 5.41) is 15.7. The summed E-state index contributed by atoms with van der Waals surface area (Å²) in [4.78, 5) is 0. The molecule has 6 nitrogen and oxygen atoms in total. The van der Waals surface area contributed by atoms with E-state index in [2.05, 4.69) is 41.5 Å². The van der Waals surface area contributed by atoms with Gasteiger partial charge < -0.3 is 5.32 Å². The number of hydrogen-bond acceptors (Lipinski definition) is 5. The predicted molar refractivity (Wildman–Crippen MR) is 71.8 cm³/mol. The molecular weight excluding hydrogens is 242 g/mol. The Bertz CT molecular complexity index is 555. The van der Waals surface area contributed by atoms with E-state index in [1.54, 1.807) is 0 Å². The van der Waals surface area contributed by atoms with Gasteiger partial charge in [-0.15, -0.1) is 0 Å². The Balaban J connectivity index is 2.19. The standard InChI is InChI=1S/C13H21N5O/c1-8(2)14-6-12-9(3)15-18(11(12)5)7-13-10(4)16-19-17-13/h8,14H,6-7H2,1-5H3. The van der Waals surface area contributed by atoms with Crippen molar-refractivity contribution in [3.8, 4) is 0 Å². The fraction of sp³-hybridized carbons (Fsp3) is 0.615. The molecule has 0 saturated heterocycles. The molecule has 0 saturated carbocycles. The van der Waals surface area contributed by atoms with Crippen molar-refractivity contribution in [3.63, 3.8) is 0 Å². The van der Waals surface area contributed by atoms with Crippen LogP contribution in [0.3, 0.4) is 0 Å². The zero-order valence-corrected chi connectivity index (χ0v) is 12.2. The van der Waals surface area contributed by atoms with E-state index in [1.165, 1.54) is 5.56 Å². The third-order valence-corrected chi connectivity index (χ3v) is 3.26. The first kappa shape index (κ1) is 13.7. The van der Waals surface area contributed by atoms with E-state index >= 15 is 0 Å². The normalized spacial score (nSPS) is 11.5.